The molecule has 150 valence electrons. The van der Waals surface area contributed by atoms with Crippen LogP contribution in [0.25, 0.3) is 0 Å². The Morgan fingerprint density at radius 2 is 1.85 bits per heavy atom. The maximum Gasteiger partial charge on any atom is 0.251 e. The van der Waals surface area contributed by atoms with E-state index in [2.05, 4.69) is 17.1 Å². The second kappa shape index (κ2) is 9.53. The summed E-state index contributed by atoms with van der Waals surface area (Å²) < 4.78 is 0. The molecule has 7 heteroatoms. The van der Waals surface area contributed by atoms with Crippen LogP contribution in [0.3, 0.4) is 0 Å². The number of likely N-dealkylation sites (tertiary alicyclic amines) is 2. The number of rotatable bonds is 5. The van der Waals surface area contributed by atoms with Crippen molar-refractivity contribution < 1.29 is 9.59 Å². The number of piperidine rings is 1. The Morgan fingerprint density at radius 3 is 2.44 bits per heavy atom. The van der Waals surface area contributed by atoms with E-state index in [1.54, 1.807) is 0 Å². The number of halogens is 1. The third-order valence-electron chi connectivity index (χ3n) is 5.71. The summed E-state index contributed by atoms with van der Waals surface area (Å²) in [5.41, 5.74) is 6.68. The SMILES string of the molecule is CC1(CN)CCN(CC(=O)N2CCC(NC(=O)c3ccccc3)CC2)C1.Cl. The van der Waals surface area contributed by atoms with Gasteiger partial charge in [-0.05, 0) is 49.9 Å². The summed E-state index contributed by atoms with van der Waals surface area (Å²) in [4.78, 5) is 29.0. The van der Waals surface area contributed by atoms with Crippen LogP contribution in [0, 0.1) is 5.41 Å². The van der Waals surface area contributed by atoms with Gasteiger partial charge in [-0.15, -0.1) is 12.4 Å². The zero-order chi connectivity index (χ0) is 18.6. The van der Waals surface area contributed by atoms with Gasteiger partial charge < -0.3 is 16.0 Å². The summed E-state index contributed by atoms with van der Waals surface area (Å²) in [6, 6.07) is 9.41. The third-order valence-corrected chi connectivity index (χ3v) is 5.71. The van der Waals surface area contributed by atoms with Crippen LogP contribution >= 0.6 is 12.4 Å². The number of nitrogens with two attached hydrogens (primary N) is 1. The van der Waals surface area contributed by atoms with Gasteiger partial charge in [-0.1, -0.05) is 25.1 Å². The maximum absolute atomic E-state index is 12.6. The van der Waals surface area contributed by atoms with Gasteiger partial charge >= 0.3 is 0 Å². The third kappa shape index (κ3) is 5.67. The molecule has 0 spiro atoms. The summed E-state index contributed by atoms with van der Waals surface area (Å²) in [5, 5.41) is 3.08. The monoisotopic (exact) mass is 394 g/mol. The van der Waals surface area contributed by atoms with E-state index < -0.39 is 0 Å². The van der Waals surface area contributed by atoms with Crippen LogP contribution in [0.4, 0.5) is 0 Å². The summed E-state index contributed by atoms with van der Waals surface area (Å²) in [5.74, 6) is 0.160. The summed E-state index contributed by atoms with van der Waals surface area (Å²) >= 11 is 0. The number of benzene rings is 1. The highest BCUT2D eigenvalue weighted by atomic mass is 35.5. The smallest absolute Gasteiger partial charge is 0.251 e. The second-order valence-corrected chi connectivity index (χ2v) is 7.97. The molecule has 6 nitrogen and oxygen atoms in total. The van der Waals surface area contributed by atoms with Crippen molar-refractivity contribution >= 4 is 24.2 Å². The molecule has 2 aliphatic heterocycles. The van der Waals surface area contributed by atoms with Crippen molar-refractivity contribution in [1.82, 2.24) is 15.1 Å². The van der Waals surface area contributed by atoms with Crippen molar-refractivity contribution in [3.8, 4) is 0 Å². The van der Waals surface area contributed by atoms with Crippen molar-refractivity contribution in [1.29, 1.82) is 0 Å². The Labute approximate surface area is 167 Å². The topological polar surface area (TPSA) is 78.7 Å². The fourth-order valence-corrected chi connectivity index (χ4v) is 3.85. The van der Waals surface area contributed by atoms with Crippen molar-refractivity contribution in [2.45, 2.75) is 32.2 Å². The molecule has 1 atom stereocenters. The normalized spacial score (nSPS) is 23.7. The molecule has 27 heavy (non-hydrogen) atoms. The lowest BCUT2D eigenvalue weighted by atomic mass is 9.90. The Hall–Kier alpha value is -1.63. The van der Waals surface area contributed by atoms with Gasteiger partial charge in [-0.3, -0.25) is 14.5 Å². The molecule has 1 aromatic carbocycles. The number of nitrogens with zero attached hydrogens (tertiary/aromatic N) is 2. The minimum Gasteiger partial charge on any atom is -0.349 e. The zero-order valence-electron chi connectivity index (χ0n) is 16.0. The Bertz CT molecular complexity index is 634. The Morgan fingerprint density at radius 1 is 1.19 bits per heavy atom. The molecule has 2 fully saturated rings. The van der Waals surface area contributed by atoms with Gasteiger partial charge in [0.05, 0.1) is 6.54 Å². The van der Waals surface area contributed by atoms with Gasteiger partial charge in [0, 0.05) is 31.2 Å². The van der Waals surface area contributed by atoms with Crippen molar-refractivity contribution in [2.24, 2.45) is 11.1 Å². The van der Waals surface area contributed by atoms with E-state index in [1.165, 1.54) is 0 Å². The molecule has 0 bridgehead atoms. The van der Waals surface area contributed by atoms with E-state index >= 15 is 0 Å². The van der Waals surface area contributed by atoms with E-state index in [9.17, 15) is 9.59 Å². The average Bonchev–Trinajstić information content (AvgIpc) is 3.04. The lowest BCUT2D eigenvalue weighted by Gasteiger charge is -2.33. The first-order valence-corrected chi connectivity index (χ1v) is 9.55. The number of amides is 2. The first kappa shape index (κ1) is 21.7. The first-order valence-electron chi connectivity index (χ1n) is 9.55. The van der Waals surface area contributed by atoms with Gasteiger partial charge in [0.15, 0.2) is 0 Å². The van der Waals surface area contributed by atoms with Gasteiger partial charge in [0.25, 0.3) is 5.91 Å². The predicted octanol–water partition coefficient (Wildman–Crippen LogP) is 1.50. The zero-order valence-corrected chi connectivity index (χ0v) is 16.8. The Kier molecular flexibility index (Phi) is 7.65. The number of carbonyl (C=O) groups excluding carboxylic acids is 2. The van der Waals surface area contributed by atoms with Crippen LogP contribution in [-0.4, -0.2) is 66.9 Å². The quantitative estimate of drug-likeness (QED) is 0.793. The van der Waals surface area contributed by atoms with Crippen molar-refractivity contribution in [3.05, 3.63) is 35.9 Å². The largest absolute Gasteiger partial charge is 0.349 e. The Balaban J connectivity index is 0.00000261. The summed E-state index contributed by atoms with van der Waals surface area (Å²) in [6.45, 7) is 6.61. The highest BCUT2D eigenvalue weighted by Gasteiger charge is 2.34. The number of nitrogens with one attached hydrogen (secondary N) is 1. The first-order chi connectivity index (χ1) is 12.5. The van der Waals surface area contributed by atoms with Crippen molar-refractivity contribution in [3.63, 3.8) is 0 Å². The fourth-order valence-electron chi connectivity index (χ4n) is 3.85. The van der Waals surface area contributed by atoms with Crippen LogP contribution in [0.1, 0.15) is 36.5 Å². The predicted molar refractivity (Wildman–Crippen MR) is 109 cm³/mol. The lowest BCUT2D eigenvalue weighted by Crippen LogP contribution is -2.49. The summed E-state index contributed by atoms with van der Waals surface area (Å²) in [6.07, 6.45) is 2.68. The number of hydrogen-bond acceptors (Lipinski definition) is 4. The van der Waals surface area contributed by atoms with Crippen LogP contribution in [0.15, 0.2) is 30.3 Å². The minimum atomic E-state index is -0.0338. The fraction of sp³-hybridized carbons (Fsp3) is 0.600. The van der Waals surface area contributed by atoms with Gasteiger partial charge in [0.1, 0.15) is 0 Å². The molecule has 0 saturated carbocycles. The molecule has 1 unspecified atom stereocenters. The van der Waals surface area contributed by atoms with Gasteiger partial charge in [-0.25, -0.2) is 0 Å². The summed E-state index contributed by atoms with van der Waals surface area (Å²) in [7, 11) is 0. The molecule has 0 aromatic heterocycles. The molecule has 2 amide bonds. The van der Waals surface area contributed by atoms with Crippen LogP contribution in [0.5, 0.6) is 0 Å². The molecule has 0 aliphatic carbocycles. The molecule has 3 rings (SSSR count). The molecule has 1 aromatic rings. The molecule has 2 saturated heterocycles. The number of carbonyl (C=O) groups is 2. The molecule has 0 radical (unpaired) electrons. The van der Waals surface area contributed by atoms with Crippen LogP contribution in [0.2, 0.25) is 0 Å². The highest BCUT2D eigenvalue weighted by molar-refractivity contribution is 5.94. The minimum absolute atomic E-state index is 0. The van der Waals surface area contributed by atoms with E-state index in [4.69, 9.17) is 5.73 Å². The number of hydrogen-bond donors (Lipinski definition) is 2. The maximum atomic E-state index is 12.6. The highest BCUT2D eigenvalue weighted by Crippen LogP contribution is 2.28. The molecular weight excluding hydrogens is 364 g/mol. The molecular formula is C20H31ClN4O2. The van der Waals surface area contributed by atoms with Crippen LogP contribution < -0.4 is 11.1 Å². The van der Waals surface area contributed by atoms with E-state index in [0.717, 1.165) is 32.4 Å². The molecule has 2 heterocycles. The van der Waals surface area contributed by atoms with Gasteiger partial charge in [-0.2, -0.15) is 0 Å². The molecule has 2 aliphatic rings. The molecule has 3 N–H and O–H groups in total. The standard InChI is InChI=1S/C20H30N4O2.ClH/c1-20(14-21)9-12-23(15-20)13-18(25)24-10-7-17(8-11-24)22-19(26)16-5-3-2-4-6-16;/h2-6,17H,7-15,21H2,1H3,(H,22,26);1H. The lowest BCUT2D eigenvalue weighted by molar-refractivity contribution is -0.133. The van der Waals surface area contributed by atoms with E-state index in [0.29, 0.717) is 31.7 Å². The van der Waals surface area contributed by atoms with E-state index in [-0.39, 0.29) is 35.7 Å². The second-order valence-electron chi connectivity index (χ2n) is 7.97. The van der Waals surface area contributed by atoms with Crippen molar-refractivity contribution in [2.75, 3.05) is 39.3 Å². The van der Waals surface area contributed by atoms with E-state index in [1.807, 2.05) is 35.2 Å². The van der Waals surface area contributed by atoms with Crippen LogP contribution in [-0.2, 0) is 4.79 Å². The average molecular weight is 395 g/mol. The van der Waals surface area contributed by atoms with Gasteiger partial charge in [0.2, 0.25) is 5.91 Å².